The number of hydrogen-bond donors (Lipinski definition) is 0. The van der Waals surface area contributed by atoms with E-state index >= 15 is 0 Å². The lowest BCUT2D eigenvalue weighted by atomic mass is 9.97. The lowest BCUT2D eigenvalue weighted by Gasteiger charge is -2.26. The van der Waals surface area contributed by atoms with Gasteiger partial charge in [0, 0.05) is 14.1 Å². The molecule has 1 aliphatic rings. The molecule has 1 aliphatic heterocycles. The first-order valence-corrected chi connectivity index (χ1v) is 8.99. The van der Waals surface area contributed by atoms with E-state index in [9.17, 15) is 0 Å². The third-order valence-electron chi connectivity index (χ3n) is 3.29. The standard InChI is InChI=1S/C10H21BrSi/c1-2-12-8-5-10(6-9-12)4-3-7-11/h10,12H,2-9H2,1H3. The van der Waals surface area contributed by atoms with Crippen molar-refractivity contribution < 1.29 is 0 Å². The fourth-order valence-corrected chi connectivity index (χ4v) is 5.61. The molecule has 0 amide bonds. The van der Waals surface area contributed by atoms with Crippen molar-refractivity contribution in [2.45, 2.75) is 50.7 Å². The summed E-state index contributed by atoms with van der Waals surface area (Å²) in [6.07, 6.45) is 6.01. The summed E-state index contributed by atoms with van der Waals surface area (Å²) in [4.78, 5) is 0. The summed E-state index contributed by atoms with van der Waals surface area (Å²) in [6, 6.07) is 4.83. The van der Waals surface area contributed by atoms with Gasteiger partial charge in [0.25, 0.3) is 0 Å². The summed E-state index contributed by atoms with van der Waals surface area (Å²) < 4.78 is 0. The van der Waals surface area contributed by atoms with Gasteiger partial charge in [0.2, 0.25) is 0 Å². The first-order valence-electron chi connectivity index (χ1n) is 5.42. The van der Waals surface area contributed by atoms with Crippen LogP contribution < -0.4 is 0 Å². The molecule has 0 spiro atoms. The van der Waals surface area contributed by atoms with Gasteiger partial charge >= 0.3 is 0 Å². The lowest BCUT2D eigenvalue weighted by molar-refractivity contribution is 0.434. The Morgan fingerprint density at radius 1 is 1.33 bits per heavy atom. The Hall–Kier alpha value is 0.697. The Kier molecular flexibility index (Phi) is 5.56. The molecule has 12 heavy (non-hydrogen) atoms. The highest BCUT2D eigenvalue weighted by Gasteiger charge is 2.19. The Morgan fingerprint density at radius 2 is 2.00 bits per heavy atom. The molecule has 0 aromatic heterocycles. The molecule has 0 atom stereocenters. The Labute approximate surface area is 86.9 Å². The third kappa shape index (κ3) is 3.61. The minimum atomic E-state index is -0.189. The van der Waals surface area contributed by atoms with Gasteiger partial charge in [0.05, 0.1) is 0 Å². The monoisotopic (exact) mass is 248 g/mol. The van der Waals surface area contributed by atoms with E-state index in [1.165, 1.54) is 18.2 Å². The molecule has 72 valence electrons. The van der Waals surface area contributed by atoms with Crippen molar-refractivity contribution in [1.82, 2.24) is 0 Å². The van der Waals surface area contributed by atoms with Crippen LogP contribution in [0.2, 0.25) is 18.1 Å². The summed E-state index contributed by atoms with van der Waals surface area (Å²) in [5.74, 6) is 1.10. The van der Waals surface area contributed by atoms with Gasteiger partial charge in [0.1, 0.15) is 0 Å². The number of hydrogen-bond acceptors (Lipinski definition) is 0. The molecule has 1 heterocycles. The predicted octanol–water partition coefficient (Wildman–Crippen LogP) is 3.82. The second kappa shape index (κ2) is 6.20. The summed E-state index contributed by atoms with van der Waals surface area (Å²) in [6.45, 7) is 2.40. The number of alkyl halides is 1. The normalized spacial score (nSPS) is 30.5. The maximum atomic E-state index is 3.51. The van der Waals surface area contributed by atoms with Gasteiger partial charge in [-0.05, 0) is 18.8 Å². The highest BCUT2D eigenvalue weighted by atomic mass is 79.9. The Balaban J connectivity index is 2.09. The molecule has 2 heteroatoms. The van der Waals surface area contributed by atoms with Gasteiger partial charge in [0.15, 0.2) is 0 Å². The highest BCUT2D eigenvalue weighted by molar-refractivity contribution is 9.09. The van der Waals surface area contributed by atoms with Crippen LogP contribution in [-0.2, 0) is 0 Å². The number of rotatable bonds is 4. The smallest absolute Gasteiger partial charge is 0.0365 e. The molecule has 0 bridgehead atoms. The SMILES string of the molecule is CC[SiH]1CCC(CCCBr)CC1. The van der Waals surface area contributed by atoms with Crippen molar-refractivity contribution in [3.8, 4) is 0 Å². The van der Waals surface area contributed by atoms with Gasteiger partial charge in [-0.25, -0.2) is 0 Å². The molecule has 0 radical (unpaired) electrons. The van der Waals surface area contributed by atoms with E-state index in [1.807, 2.05) is 0 Å². The minimum absolute atomic E-state index is 0.189. The summed E-state index contributed by atoms with van der Waals surface area (Å²) in [7, 11) is -0.189. The van der Waals surface area contributed by atoms with Crippen LogP contribution in [0.15, 0.2) is 0 Å². The second-order valence-electron chi connectivity index (χ2n) is 4.13. The van der Waals surface area contributed by atoms with E-state index in [0.717, 1.165) is 5.92 Å². The zero-order chi connectivity index (χ0) is 8.81. The van der Waals surface area contributed by atoms with Crippen LogP contribution >= 0.6 is 15.9 Å². The molecule has 0 aromatic rings. The van der Waals surface area contributed by atoms with E-state index in [4.69, 9.17) is 0 Å². The molecular weight excluding hydrogens is 228 g/mol. The fourth-order valence-electron chi connectivity index (χ4n) is 2.29. The van der Waals surface area contributed by atoms with Crippen molar-refractivity contribution in [3.63, 3.8) is 0 Å². The quantitative estimate of drug-likeness (QED) is 0.525. The molecule has 1 rings (SSSR count). The predicted molar refractivity (Wildman–Crippen MR) is 63.0 cm³/mol. The molecule has 0 N–H and O–H groups in total. The molecule has 0 aromatic carbocycles. The van der Waals surface area contributed by atoms with Crippen LogP contribution in [0.4, 0.5) is 0 Å². The van der Waals surface area contributed by atoms with Gasteiger partial charge in [-0.1, -0.05) is 53.8 Å². The fraction of sp³-hybridized carbons (Fsp3) is 1.00. The molecule has 0 nitrogen and oxygen atoms in total. The van der Waals surface area contributed by atoms with Crippen molar-refractivity contribution in [1.29, 1.82) is 0 Å². The highest BCUT2D eigenvalue weighted by Crippen LogP contribution is 2.29. The van der Waals surface area contributed by atoms with E-state index in [0.29, 0.717) is 0 Å². The maximum absolute atomic E-state index is 3.51. The van der Waals surface area contributed by atoms with Crippen LogP contribution in [-0.4, -0.2) is 14.1 Å². The van der Waals surface area contributed by atoms with Crippen LogP contribution in [0.3, 0.4) is 0 Å². The summed E-state index contributed by atoms with van der Waals surface area (Å²) in [5.41, 5.74) is 0. The molecule has 1 saturated heterocycles. The minimum Gasteiger partial charge on any atom is -0.0928 e. The van der Waals surface area contributed by atoms with Crippen molar-refractivity contribution in [2.75, 3.05) is 5.33 Å². The Morgan fingerprint density at radius 3 is 2.50 bits per heavy atom. The van der Waals surface area contributed by atoms with Gasteiger partial charge in [-0.3, -0.25) is 0 Å². The van der Waals surface area contributed by atoms with Crippen molar-refractivity contribution >= 4 is 24.7 Å². The summed E-state index contributed by atoms with van der Waals surface area (Å²) >= 11 is 3.51. The molecule has 1 fully saturated rings. The summed E-state index contributed by atoms with van der Waals surface area (Å²) in [5, 5.41) is 1.21. The van der Waals surface area contributed by atoms with E-state index in [2.05, 4.69) is 22.9 Å². The van der Waals surface area contributed by atoms with Crippen LogP contribution in [0.1, 0.15) is 32.6 Å². The maximum Gasteiger partial charge on any atom is 0.0365 e. The zero-order valence-corrected chi connectivity index (χ0v) is 10.9. The topological polar surface area (TPSA) is 0 Å². The van der Waals surface area contributed by atoms with Gasteiger partial charge < -0.3 is 0 Å². The number of halogens is 1. The van der Waals surface area contributed by atoms with Crippen molar-refractivity contribution in [3.05, 3.63) is 0 Å². The van der Waals surface area contributed by atoms with Crippen LogP contribution in [0.25, 0.3) is 0 Å². The van der Waals surface area contributed by atoms with E-state index in [1.54, 1.807) is 31.0 Å². The average Bonchev–Trinajstić information content (AvgIpc) is 2.15. The molecule has 0 aliphatic carbocycles. The van der Waals surface area contributed by atoms with Crippen molar-refractivity contribution in [2.24, 2.45) is 5.92 Å². The van der Waals surface area contributed by atoms with Gasteiger partial charge in [-0.2, -0.15) is 0 Å². The average molecular weight is 249 g/mol. The Bertz CT molecular complexity index is 108. The molecule has 0 unspecified atom stereocenters. The van der Waals surface area contributed by atoms with E-state index in [-0.39, 0.29) is 8.80 Å². The molecule has 0 saturated carbocycles. The largest absolute Gasteiger partial charge is 0.0928 e. The first kappa shape index (κ1) is 10.8. The first-order chi connectivity index (χ1) is 5.86. The third-order valence-corrected chi connectivity index (χ3v) is 7.30. The zero-order valence-electron chi connectivity index (χ0n) is 8.19. The van der Waals surface area contributed by atoms with E-state index < -0.39 is 0 Å². The van der Waals surface area contributed by atoms with Crippen LogP contribution in [0.5, 0.6) is 0 Å². The van der Waals surface area contributed by atoms with Crippen LogP contribution in [0, 0.1) is 5.92 Å². The van der Waals surface area contributed by atoms with Gasteiger partial charge in [-0.15, -0.1) is 0 Å². The lowest BCUT2D eigenvalue weighted by Crippen LogP contribution is -2.20. The second-order valence-corrected chi connectivity index (χ2v) is 8.62. The molecular formula is C10H21BrSi.